The van der Waals surface area contributed by atoms with Gasteiger partial charge in [0.15, 0.2) is 0 Å². The Morgan fingerprint density at radius 2 is 2.20 bits per heavy atom. The Morgan fingerprint density at radius 1 is 1.45 bits per heavy atom. The molecule has 2 amide bonds. The Balaban J connectivity index is 1.88. The first-order valence-corrected chi connectivity index (χ1v) is 7.27. The van der Waals surface area contributed by atoms with Crippen LogP contribution >= 0.6 is 15.9 Å². The van der Waals surface area contributed by atoms with Crippen LogP contribution in [0.2, 0.25) is 0 Å². The maximum absolute atomic E-state index is 13.6. The number of halogens is 2. The van der Waals surface area contributed by atoms with Gasteiger partial charge < -0.3 is 10.6 Å². The average molecular weight is 343 g/mol. The highest BCUT2D eigenvalue weighted by molar-refractivity contribution is 9.10. The lowest BCUT2D eigenvalue weighted by atomic mass is 10.1. The summed E-state index contributed by atoms with van der Waals surface area (Å²) >= 11 is 3.19. The van der Waals surface area contributed by atoms with Gasteiger partial charge in [-0.25, -0.2) is 4.39 Å². The lowest BCUT2D eigenvalue weighted by molar-refractivity contribution is -0.130. The minimum atomic E-state index is -0.362. The zero-order chi connectivity index (χ0) is 14.7. The molecule has 1 heterocycles. The predicted molar refractivity (Wildman–Crippen MR) is 76.3 cm³/mol. The number of benzene rings is 1. The fourth-order valence-electron chi connectivity index (χ4n) is 2.34. The molecule has 4 nitrogen and oxygen atoms in total. The second-order valence-corrected chi connectivity index (χ2v) is 5.88. The maximum Gasteiger partial charge on any atom is 0.222 e. The Morgan fingerprint density at radius 3 is 2.80 bits per heavy atom. The molecule has 2 N–H and O–H groups in total. The summed E-state index contributed by atoms with van der Waals surface area (Å²) in [5, 5.41) is 0. The number of aryl methyl sites for hydroxylation is 1. The second-order valence-electron chi connectivity index (χ2n) is 4.96. The molecule has 0 unspecified atom stereocenters. The first kappa shape index (κ1) is 15.0. The van der Waals surface area contributed by atoms with Crippen LogP contribution in [0.4, 0.5) is 4.39 Å². The Kier molecular flexibility index (Phi) is 4.75. The van der Waals surface area contributed by atoms with Gasteiger partial charge in [0.2, 0.25) is 11.8 Å². The standard InChI is InChI=1S/C14H16BrFN2O2/c15-11-3-1-9(12(16)7-11)2-4-13(19)18-6-5-10(8-18)14(17)20/h1,3,7,10H,2,4-6,8H2,(H2,17,20)/t10-/m0/s1. The van der Waals surface area contributed by atoms with Gasteiger partial charge in [-0.15, -0.1) is 0 Å². The van der Waals surface area contributed by atoms with Gasteiger partial charge >= 0.3 is 0 Å². The Labute approximate surface area is 125 Å². The molecular weight excluding hydrogens is 327 g/mol. The largest absolute Gasteiger partial charge is 0.369 e. The molecule has 1 fully saturated rings. The number of nitrogens with two attached hydrogens (primary N) is 1. The topological polar surface area (TPSA) is 63.4 Å². The highest BCUT2D eigenvalue weighted by Crippen LogP contribution is 2.19. The van der Waals surface area contributed by atoms with Gasteiger partial charge in [0.25, 0.3) is 0 Å². The lowest BCUT2D eigenvalue weighted by Gasteiger charge is -2.16. The number of hydrogen-bond acceptors (Lipinski definition) is 2. The molecule has 1 atom stereocenters. The van der Waals surface area contributed by atoms with Gasteiger partial charge in [0.1, 0.15) is 5.82 Å². The summed E-state index contributed by atoms with van der Waals surface area (Å²) in [7, 11) is 0. The number of nitrogens with zero attached hydrogens (tertiary/aromatic N) is 1. The summed E-state index contributed by atoms with van der Waals surface area (Å²) in [6, 6.07) is 4.81. The minimum absolute atomic E-state index is 0.0592. The first-order valence-electron chi connectivity index (χ1n) is 6.48. The van der Waals surface area contributed by atoms with Crippen molar-refractivity contribution in [2.45, 2.75) is 19.3 Å². The van der Waals surface area contributed by atoms with E-state index >= 15 is 0 Å². The van der Waals surface area contributed by atoms with Crippen LogP contribution in [0.25, 0.3) is 0 Å². The van der Waals surface area contributed by atoms with Crippen molar-refractivity contribution in [2.75, 3.05) is 13.1 Å². The molecule has 0 radical (unpaired) electrons. The van der Waals surface area contributed by atoms with E-state index in [0.29, 0.717) is 36.0 Å². The summed E-state index contributed by atoms with van der Waals surface area (Å²) in [5.41, 5.74) is 5.75. The van der Waals surface area contributed by atoms with E-state index in [9.17, 15) is 14.0 Å². The number of primary amides is 1. The summed E-state index contributed by atoms with van der Waals surface area (Å²) in [6.45, 7) is 0.937. The van der Waals surface area contributed by atoms with Crippen molar-refractivity contribution in [1.29, 1.82) is 0 Å². The van der Waals surface area contributed by atoms with Gasteiger partial charge in [0.05, 0.1) is 5.92 Å². The zero-order valence-corrected chi connectivity index (χ0v) is 12.5. The van der Waals surface area contributed by atoms with Crippen LogP contribution in [0.1, 0.15) is 18.4 Å². The smallest absolute Gasteiger partial charge is 0.222 e. The van der Waals surface area contributed by atoms with Crippen molar-refractivity contribution >= 4 is 27.7 Å². The van der Waals surface area contributed by atoms with Crippen LogP contribution in [0, 0.1) is 11.7 Å². The monoisotopic (exact) mass is 342 g/mol. The van der Waals surface area contributed by atoms with E-state index in [1.165, 1.54) is 6.07 Å². The van der Waals surface area contributed by atoms with Gasteiger partial charge in [-0.2, -0.15) is 0 Å². The SMILES string of the molecule is NC(=O)[C@H]1CCN(C(=O)CCc2ccc(Br)cc2F)C1. The van der Waals surface area contributed by atoms with Gasteiger partial charge in [-0.3, -0.25) is 9.59 Å². The molecule has 0 aromatic heterocycles. The van der Waals surface area contributed by atoms with E-state index in [1.54, 1.807) is 17.0 Å². The van der Waals surface area contributed by atoms with E-state index in [0.717, 1.165) is 0 Å². The zero-order valence-electron chi connectivity index (χ0n) is 10.9. The van der Waals surface area contributed by atoms with Crippen molar-refractivity contribution in [2.24, 2.45) is 11.7 Å². The molecule has 0 saturated carbocycles. The summed E-state index contributed by atoms with van der Waals surface area (Å²) < 4.78 is 14.3. The second kappa shape index (κ2) is 6.35. The maximum atomic E-state index is 13.6. The normalized spacial score (nSPS) is 18.3. The van der Waals surface area contributed by atoms with Crippen LogP contribution in [0.3, 0.4) is 0 Å². The van der Waals surface area contributed by atoms with Crippen molar-refractivity contribution < 1.29 is 14.0 Å². The molecule has 1 aliphatic rings. The number of rotatable bonds is 4. The molecular formula is C14H16BrFN2O2. The van der Waals surface area contributed by atoms with E-state index in [2.05, 4.69) is 15.9 Å². The number of likely N-dealkylation sites (tertiary alicyclic amines) is 1. The molecule has 20 heavy (non-hydrogen) atoms. The molecule has 108 valence electrons. The highest BCUT2D eigenvalue weighted by atomic mass is 79.9. The van der Waals surface area contributed by atoms with Crippen LogP contribution in [-0.4, -0.2) is 29.8 Å². The Hall–Kier alpha value is -1.43. The van der Waals surface area contributed by atoms with Crippen molar-refractivity contribution in [3.05, 3.63) is 34.1 Å². The number of carbonyl (C=O) groups is 2. The summed E-state index contributed by atoms with van der Waals surface area (Å²) in [6.07, 6.45) is 1.22. The highest BCUT2D eigenvalue weighted by Gasteiger charge is 2.29. The van der Waals surface area contributed by atoms with Crippen molar-refractivity contribution in [3.63, 3.8) is 0 Å². The number of amides is 2. The molecule has 0 aliphatic carbocycles. The Bertz CT molecular complexity index is 536. The van der Waals surface area contributed by atoms with Crippen LogP contribution in [0.15, 0.2) is 22.7 Å². The molecule has 1 aliphatic heterocycles. The number of carbonyl (C=O) groups excluding carboxylic acids is 2. The third-order valence-corrected chi connectivity index (χ3v) is 4.06. The van der Waals surface area contributed by atoms with E-state index in [1.807, 2.05) is 0 Å². The quantitative estimate of drug-likeness (QED) is 0.907. The van der Waals surface area contributed by atoms with Crippen LogP contribution in [0.5, 0.6) is 0 Å². The molecule has 0 spiro atoms. The molecule has 0 bridgehead atoms. The molecule has 1 aromatic rings. The van der Waals surface area contributed by atoms with E-state index < -0.39 is 0 Å². The van der Waals surface area contributed by atoms with E-state index in [-0.39, 0.29) is 30.0 Å². The number of hydrogen-bond donors (Lipinski definition) is 1. The average Bonchev–Trinajstić information content (AvgIpc) is 2.87. The van der Waals surface area contributed by atoms with Crippen LogP contribution in [-0.2, 0) is 16.0 Å². The fraction of sp³-hybridized carbons (Fsp3) is 0.429. The molecule has 6 heteroatoms. The summed E-state index contributed by atoms with van der Waals surface area (Å²) in [5.74, 6) is -0.984. The van der Waals surface area contributed by atoms with Gasteiger partial charge in [0, 0.05) is 24.0 Å². The van der Waals surface area contributed by atoms with Crippen LogP contribution < -0.4 is 5.73 Å². The van der Waals surface area contributed by atoms with Crippen molar-refractivity contribution in [3.8, 4) is 0 Å². The fourth-order valence-corrected chi connectivity index (χ4v) is 2.68. The molecule has 1 aromatic carbocycles. The molecule has 2 rings (SSSR count). The predicted octanol–water partition coefficient (Wildman–Crippen LogP) is 1.85. The first-order chi connectivity index (χ1) is 9.47. The van der Waals surface area contributed by atoms with Gasteiger partial charge in [-0.1, -0.05) is 22.0 Å². The third kappa shape index (κ3) is 3.56. The lowest BCUT2D eigenvalue weighted by Crippen LogP contribution is -2.31. The minimum Gasteiger partial charge on any atom is -0.369 e. The van der Waals surface area contributed by atoms with E-state index in [4.69, 9.17) is 5.73 Å². The van der Waals surface area contributed by atoms with Crippen molar-refractivity contribution in [1.82, 2.24) is 4.90 Å². The molecule has 1 saturated heterocycles. The third-order valence-electron chi connectivity index (χ3n) is 3.57. The summed E-state index contributed by atoms with van der Waals surface area (Å²) in [4.78, 5) is 24.7. The van der Waals surface area contributed by atoms with Gasteiger partial charge in [-0.05, 0) is 30.5 Å².